The number of carbonyl (C=O) groups is 1. The van der Waals surface area contributed by atoms with Crippen LogP contribution in [0.25, 0.3) is 0 Å². The topological polar surface area (TPSA) is 37.3 Å². The van der Waals surface area contributed by atoms with Gasteiger partial charge >= 0.3 is 5.97 Å². The van der Waals surface area contributed by atoms with Crippen molar-refractivity contribution in [1.29, 1.82) is 0 Å². The van der Waals surface area contributed by atoms with E-state index in [9.17, 15) is 4.79 Å². The Hall–Kier alpha value is -0.790. The quantitative estimate of drug-likeness (QED) is 0.315. The van der Waals surface area contributed by atoms with Gasteiger partial charge in [-0.05, 0) is 38.0 Å². The van der Waals surface area contributed by atoms with E-state index >= 15 is 0 Å². The van der Waals surface area contributed by atoms with Gasteiger partial charge in [0.1, 0.15) is 0 Å². The Balaban J connectivity index is 3.11. The fourth-order valence-corrected chi connectivity index (χ4v) is 2.30. The monoisotopic (exact) mass is 282 g/mol. The summed E-state index contributed by atoms with van der Waals surface area (Å²) in [5, 5.41) is 8.51. The number of hydrogen-bond donors (Lipinski definition) is 1. The molecule has 2 nitrogen and oxygen atoms in total. The second kappa shape index (κ2) is 14.6. The molecule has 0 radical (unpaired) electrons. The molecular weight excluding hydrogens is 248 g/mol. The predicted molar refractivity (Wildman–Crippen MR) is 87.0 cm³/mol. The molecule has 0 fully saturated rings. The summed E-state index contributed by atoms with van der Waals surface area (Å²) in [6.07, 6.45) is 18.4. The molecule has 0 spiro atoms. The minimum Gasteiger partial charge on any atom is -0.481 e. The van der Waals surface area contributed by atoms with E-state index < -0.39 is 5.97 Å². The van der Waals surface area contributed by atoms with Crippen molar-refractivity contribution >= 4 is 5.97 Å². The van der Waals surface area contributed by atoms with Crippen molar-refractivity contribution in [2.75, 3.05) is 0 Å². The first-order chi connectivity index (χ1) is 9.63. The standard InChI is InChI=1S/C18H34O2/c1-17(2)15-13-11-9-7-5-3-4-6-8-10-12-14-16-18(19)20/h3-4,17H,5-16H2,1-2H3,(H,19,20). The van der Waals surface area contributed by atoms with Crippen LogP contribution in [0.4, 0.5) is 0 Å². The van der Waals surface area contributed by atoms with Crippen LogP contribution in [-0.2, 0) is 4.79 Å². The van der Waals surface area contributed by atoms with Crippen LogP contribution in [0.2, 0.25) is 0 Å². The Bertz CT molecular complexity index is 244. The van der Waals surface area contributed by atoms with Gasteiger partial charge in [0, 0.05) is 6.42 Å². The number of carboxylic acid groups (broad SMARTS) is 1. The number of carboxylic acids is 1. The van der Waals surface area contributed by atoms with Crippen LogP contribution >= 0.6 is 0 Å². The molecule has 0 bridgehead atoms. The molecule has 0 saturated heterocycles. The van der Waals surface area contributed by atoms with Crippen molar-refractivity contribution < 1.29 is 9.90 Å². The van der Waals surface area contributed by atoms with Gasteiger partial charge in [-0.2, -0.15) is 0 Å². The summed E-state index contributed by atoms with van der Waals surface area (Å²) in [6, 6.07) is 0. The zero-order chi connectivity index (χ0) is 15.1. The minimum atomic E-state index is -0.668. The highest BCUT2D eigenvalue weighted by Crippen LogP contribution is 2.11. The third-order valence-electron chi connectivity index (χ3n) is 3.58. The van der Waals surface area contributed by atoms with Crippen LogP contribution < -0.4 is 0 Å². The van der Waals surface area contributed by atoms with E-state index in [-0.39, 0.29) is 0 Å². The average molecular weight is 282 g/mol. The van der Waals surface area contributed by atoms with Gasteiger partial charge < -0.3 is 5.11 Å². The van der Waals surface area contributed by atoms with Crippen molar-refractivity contribution in [2.45, 2.75) is 90.9 Å². The molecular formula is C18H34O2. The molecule has 0 aromatic heterocycles. The zero-order valence-electron chi connectivity index (χ0n) is 13.6. The van der Waals surface area contributed by atoms with Gasteiger partial charge in [0.2, 0.25) is 0 Å². The maximum absolute atomic E-state index is 10.3. The third-order valence-corrected chi connectivity index (χ3v) is 3.58. The fraction of sp³-hybridized carbons (Fsp3) is 0.833. The van der Waals surface area contributed by atoms with Crippen LogP contribution in [0.3, 0.4) is 0 Å². The van der Waals surface area contributed by atoms with Crippen LogP contribution in [0.5, 0.6) is 0 Å². The Morgan fingerprint density at radius 1 is 0.850 bits per heavy atom. The summed E-state index contributed by atoms with van der Waals surface area (Å²) in [4.78, 5) is 10.3. The van der Waals surface area contributed by atoms with Gasteiger partial charge in [-0.3, -0.25) is 4.79 Å². The Morgan fingerprint density at radius 3 is 1.85 bits per heavy atom. The van der Waals surface area contributed by atoms with E-state index in [1.54, 1.807) is 0 Å². The maximum atomic E-state index is 10.3. The van der Waals surface area contributed by atoms with Crippen molar-refractivity contribution in [1.82, 2.24) is 0 Å². The molecule has 0 rings (SSSR count). The molecule has 0 saturated carbocycles. The predicted octanol–water partition coefficient (Wildman–Crippen LogP) is 5.96. The first-order valence-electron chi connectivity index (χ1n) is 8.49. The normalized spacial score (nSPS) is 11.6. The van der Waals surface area contributed by atoms with Gasteiger partial charge in [-0.25, -0.2) is 0 Å². The Labute approximate surface area is 125 Å². The first-order valence-corrected chi connectivity index (χ1v) is 8.49. The minimum absolute atomic E-state index is 0.326. The van der Waals surface area contributed by atoms with E-state index in [1.165, 1.54) is 44.9 Å². The summed E-state index contributed by atoms with van der Waals surface area (Å²) in [6.45, 7) is 4.59. The highest BCUT2D eigenvalue weighted by molar-refractivity contribution is 5.66. The molecule has 0 aliphatic carbocycles. The molecule has 1 N–H and O–H groups in total. The first kappa shape index (κ1) is 19.2. The van der Waals surface area contributed by atoms with Gasteiger partial charge in [0.15, 0.2) is 0 Å². The third kappa shape index (κ3) is 17.2. The van der Waals surface area contributed by atoms with Crippen LogP contribution in [0.15, 0.2) is 12.2 Å². The zero-order valence-corrected chi connectivity index (χ0v) is 13.6. The van der Waals surface area contributed by atoms with Crippen LogP contribution in [0, 0.1) is 5.92 Å². The summed E-state index contributed by atoms with van der Waals surface area (Å²) in [5.74, 6) is 0.184. The molecule has 0 atom stereocenters. The van der Waals surface area contributed by atoms with Crippen molar-refractivity contribution in [3.05, 3.63) is 12.2 Å². The van der Waals surface area contributed by atoms with E-state index in [0.717, 1.165) is 31.6 Å². The summed E-state index contributed by atoms with van der Waals surface area (Å²) in [7, 11) is 0. The molecule has 0 aromatic carbocycles. The second-order valence-electron chi connectivity index (χ2n) is 6.20. The molecule has 20 heavy (non-hydrogen) atoms. The lowest BCUT2D eigenvalue weighted by Gasteiger charge is -2.03. The summed E-state index contributed by atoms with van der Waals surface area (Å²) >= 11 is 0. The SMILES string of the molecule is CC(C)CCCCCCC=CCCCCCCC(=O)O. The number of aliphatic carboxylic acids is 1. The average Bonchev–Trinajstić information content (AvgIpc) is 2.38. The molecule has 0 unspecified atom stereocenters. The molecule has 118 valence electrons. The van der Waals surface area contributed by atoms with Gasteiger partial charge in [0.05, 0.1) is 0 Å². The lowest BCUT2D eigenvalue weighted by atomic mass is 10.0. The Kier molecular flexibility index (Phi) is 14.0. The maximum Gasteiger partial charge on any atom is 0.303 e. The fourth-order valence-electron chi connectivity index (χ4n) is 2.30. The second-order valence-corrected chi connectivity index (χ2v) is 6.20. The smallest absolute Gasteiger partial charge is 0.303 e. The van der Waals surface area contributed by atoms with Gasteiger partial charge in [-0.1, -0.05) is 64.5 Å². The number of allylic oxidation sites excluding steroid dienone is 2. The summed E-state index contributed by atoms with van der Waals surface area (Å²) < 4.78 is 0. The number of unbranched alkanes of at least 4 members (excludes halogenated alkanes) is 8. The van der Waals surface area contributed by atoms with E-state index in [2.05, 4.69) is 26.0 Å². The number of rotatable bonds is 14. The van der Waals surface area contributed by atoms with Gasteiger partial charge in [0.25, 0.3) is 0 Å². The van der Waals surface area contributed by atoms with Gasteiger partial charge in [-0.15, -0.1) is 0 Å². The lowest BCUT2D eigenvalue weighted by molar-refractivity contribution is -0.137. The van der Waals surface area contributed by atoms with E-state index in [4.69, 9.17) is 5.11 Å². The molecule has 0 aliphatic heterocycles. The molecule has 0 aromatic rings. The van der Waals surface area contributed by atoms with Crippen LogP contribution in [-0.4, -0.2) is 11.1 Å². The lowest BCUT2D eigenvalue weighted by Crippen LogP contribution is -1.93. The Morgan fingerprint density at radius 2 is 1.35 bits per heavy atom. The largest absolute Gasteiger partial charge is 0.481 e. The van der Waals surface area contributed by atoms with Crippen molar-refractivity contribution in [2.24, 2.45) is 5.92 Å². The summed E-state index contributed by atoms with van der Waals surface area (Å²) in [5.41, 5.74) is 0. The molecule has 2 heteroatoms. The molecule has 0 heterocycles. The molecule has 0 amide bonds. The molecule has 0 aliphatic rings. The highest BCUT2D eigenvalue weighted by Gasteiger charge is 1.95. The van der Waals surface area contributed by atoms with E-state index in [1.807, 2.05) is 0 Å². The van der Waals surface area contributed by atoms with E-state index in [0.29, 0.717) is 6.42 Å². The number of hydrogen-bond acceptors (Lipinski definition) is 1. The van der Waals surface area contributed by atoms with Crippen molar-refractivity contribution in [3.63, 3.8) is 0 Å². The highest BCUT2D eigenvalue weighted by atomic mass is 16.4. The van der Waals surface area contributed by atoms with Crippen molar-refractivity contribution in [3.8, 4) is 0 Å². The van der Waals surface area contributed by atoms with Crippen LogP contribution in [0.1, 0.15) is 90.9 Å².